The maximum Gasteiger partial charge on any atom is 0.220 e. The average molecular weight is 359 g/mol. The van der Waals surface area contributed by atoms with E-state index in [4.69, 9.17) is 9.47 Å². The number of thioether (sulfide) groups is 1. The first-order valence-corrected chi connectivity index (χ1v) is 9.28. The van der Waals surface area contributed by atoms with E-state index in [0.717, 1.165) is 11.3 Å². The molecule has 0 radical (unpaired) electrons. The highest BCUT2D eigenvalue weighted by molar-refractivity contribution is 7.99. The third-order valence-electron chi connectivity index (χ3n) is 3.80. The van der Waals surface area contributed by atoms with Gasteiger partial charge < -0.3 is 14.8 Å². The fourth-order valence-electron chi connectivity index (χ4n) is 2.38. The van der Waals surface area contributed by atoms with Crippen molar-refractivity contribution in [2.24, 2.45) is 0 Å². The third kappa shape index (κ3) is 6.35. The molecule has 1 N–H and O–H groups in total. The molecule has 2 rings (SSSR count). The number of nitrogens with one attached hydrogen (secondary N) is 1. The van der Waals surface area contributed by atoms with Gasteiger partial charge in [0, 0.05) is 23.6 Å². The summed E-state index contributed by atoms with van der Waals surface area (Å²) in [5.74, 6) is 2.32. The third-order valence-corrected chi connectivity index (χ3v) is 4.82. The highest BCUT2D eigenvalue weighted by Gasteiger charge is 2.07. The predicted octanol–water partition coefficient (Wildman–Crippen LogP) is 3.85. The minimum atomic E-state index is 0.0688. The molecule has 0 atom stereocenters. The Morgan fingerprint density at radius 2 is 1.76 bits per heavy atom. The molecule has 0 unspecified atom stereocenters. The van der Waals surface area contributed by atoms with E-state index in [1.54, 1.807) is 26.0 Å². The lowest BCUT2D eigenvalue weighted by Gasteiger charge is -2.10. The minimum Gasteiger partial charge on any atom is -0.493 e. The SMILES string of the molecule is COc1ccc(CCC(=O)NCCSc2ccc(C)cc2)cc1OC. The number of carbonyl (C=O) groups excluding carboxylic acids is 1. The van der Waals surface area contributed by atoms with E-state index in [9.17, 15) is 4.79 Å². The molecule has 5 heteroatoms. The van der Waals surface area contributed by atoms with Gasteiger partial charge in [0.2, 0.25) is 5.91 Å². The van der Waals surface area contributed by atoms with Gasteiger partial charge >= 0.3 is 0 Å². The van der Waals surface area contributed by atoms with Crippen molar-refractivity contribution in [3.05, 3.63) is 53.6 Å². The smallest absolute Gasteiger partial charge is 0.220 e. The lowest BCUT2D eigenvalue weighted by molar-refractivity contribution is -0.120. The Bertz CT molecular complexity index is 686. The highest BCUT2D eigenvalue weighted by Crippen LogP contribution is 2.27. The minimum absolute atomic E-state index is 0.0688. The zero-order valence-corrected chi connectivity index (χ0v) is 15.8. The van der Waals surface area contributed by atoms with E-state index < -0.39 is 0 Å². The van der Waals surface area contributed by atoms with Crippen LogP contribution in [-0.4, -0.2) is 32.4 Å². The first kappa shape index (κ1) is 19.2. The van der Waals surface area contributed by atoms with Gasteiger partial charge in [-0.1, -0.05) is 23.8 Å². The zero-order chi connectivity index (χ0) is 18.1. The van der Waals surface area contributed by atoms with Crippen LogP contribution in [0, 0.1) is 6.92 Å². The van der Waals surface area contributed by atoms with Crippen LogP contribution in [0.25, 0.3) is 0 Å². The van der Waals surface area contributed by atoms with Crippen molar-refractivity contribution < 1.29 is 14.3 Å². The summed E-state index contributed by atoms with van der Waals surface area (Å²) in [5.41, 5.74) is 2.31. The van der Waals surface area contributed by atoms with Crippen molar-refractivity contribution in [3.63, 3.8) is 0 Å². The molecule has 0 aliphatic carbocycles. The standard InChI is InChI=1S/C20H25NO3S/c1-15-4-8-17(9-5-15)25-13-12-21-20(22)11-7-16-6-10-18(23-2)19(14-16)24-3/h4-6,8-10,14H,7,11-13H2,1-3H3,(H,21,22). The molecule has 0 heterocycles. The van der Waals surface area contributed by atoms with Crippen molar-refractivity contribution in [1.82, 2.24) is 5.32 Å². The van der Waals surface area contributed by atoms with Crippen molar-refractivity contribution >= 4 is 17.7 Å². The van der Waals surface area contributed by atoms with Crippen LogP contribution in [-0.2, 0) is 11.2 Å². The van der Waals surface area contributed by atoms with E-state index in [-0.39, 0.29) is 5.91 Å². The average Bonchev–Trinajstić information content (AvgIpc) is 2.64. The van der Waals surface area contributed by atoms with E-state index in [1.807, 2.05) is 18.2 Å². The molecule has 0 bridgehead atoms. The number of hydrogen-bond acceptors (Lipinski definition) is 4. The van der Waals surface area contributed by atoms with Gasteiger partial charge in [-0.05, 0) is 43.2 Å². The van der Waals surface area contributed by atoms with E-state index in [0.29, 0.717) is 30.9 Å². The molecule has 1 amide bonds. The number of amides is 1. The summed E-state index contributed by atoms with van der Waals surface area (Å²) in [5, 5.41) is 2.97. The van der Waals surface area contributed by atoms with Gasteiger partial charge in [-0.3, -0.25) is 4.79 Å². The van der Waals surface area contributed by atoms with Gasteiger partial charge in [-0.2, -0.15) is 0 Å². The Morgan fingerprint density at radius 1 is 1.04 bits per heavy atom. The van der Waals surface area contributed by atoms with E-state index in [1.165, 1.54) is 10.5 Å². The van der Waals surface area contributed by atoms with Crippen molar-refractivity contribution in [2.45, 2.75) is 24.7 Å². The highest BCUT2D eigenvalue weighted by atomic mass is 32.2. The topological polar surface area (TPSA) is 47.6 Å². The summed E-state index contributed by atoms with van der Waals surface area (Å²) in [6.07, 6.45) is 1.14. The number of benzene rings is 2. The van der Waals surface area contributed by atoms with E-state index in [2.05, 4.69) is 36.5 Å². The summed E-state index contributed by atoms with van der Waals surface area (Å²) in [6, 6.07) is 14.2. The summed E-state index contributed by atoms with van der Waals surface area (Å²) >= 11 is 1.75. The fourth-order valence-corrected chi connectivity index (χ4v) is 3.14. The molecule has 0 spiro atoms. The molecule has 0 saturated heterocycles. The summed E-state index contributed by atoms with van der Waals surface area (Å²) in [6.45, 7) is 2.75. The molecular formula is C20H25NO3S. The molecule has 134 valence electrons. The number of aryl methyl sites for hydroxylation is 2. The second-order valence-electron chi connectivity index (χ2n) is 5.70. The van der Waals surface area contributed by atoms with Gasteiger partial charge in [-0.25, -0.2) is 0 Å². The quantitative estimate of drug-likeness (QED) is 0.546. The van der Waals surface area contributed by atoms with Gasteiger partial charge in [-0.15, -0.1) is 11.8 Å². The number of ether oxygens (including phenoxy) is 2. The largest absolute Gasteiger partial charge is 0.493 e. The molecule has 2 aromatic rings. The van der Waals surface area contributed by atoms with Crippen LogP contribution in [0.5, 0.6) is 11.5 Å². The molecule has 0 aliphatic heterocycles. The maximum atomic E-state index is 12.0. The van der Waals surface area contributed by atoms with Gasteiger partial charge in [0.25, 0.3) is 0 Å². The van der Waals surface area contributed by atoms with Crippen LogP contribution in [0.15, 0.2) is 47.4 Å². The summed E-state index contributed by atoms with van der Waals surface area (Å²) in [7, 11) is 3.22. The Morgan fingerprint density at radius 3 is 2.44 bits per heavy atom. The van der Waals surface area contributed by atoms with Gasteiger partial charge in [0.1, 0.15) is 0 Å². The summed E-state index contributed by atoms with van der Waals surface area (Å²) < 4.78 is 10.5. The van der Waals surface area contributed by atoms with E-state index >= 15 is 0 Å². The van der Waals surface area contributed by atoms with Crippen LogP contribution in [0.2, 0.25) is 0 Å². The Hall–Kier alpha value is -2.14. The predicted molar refractivity (Wildman–Crippen MR) is 103 cm³/mol. The van der Waals surface area contributed by atoms with Crippen molar-refractivity contribution in [1.29, 1.82) is 0 Å². The van der Waals surface area contributed by atoms with Crippen molar-refractivity contribution in [2.75, 3.05) is 26.5 Å². The zero-order valence-electron chi connectivity index (χ0n) is 15.0. The monoisotopic (exact) mass is 359 g/mol. The van der Waals surface area contributed by atoms with Crippen LogP contribution in [0.3, 0.4) is 0 Å². The molecule has 2 aromatic carbocycles. The van der Waals surface area contributed by atoms with Crippen LogP contribution >= 0.6 is 11.8 Å². The fraction of sp³-hybridized carbons (Fsp3) is 0.350. The lowest BCUT2D eigenvalue weighted by Crippen LogP contribution is -2.25. The van der Waals surface area contributed by atoms with Crippen LogP contribution in [0.1, 0.15) is 17.5 Å². The molecule has 0 fully saturated rings. The van der Waals surface area contributed by atoms with Gasteiger partial charge in [0.15, 0.2) is 11.5 Å². The normalized spacial score (nSPS) is 10.4. The lowest BCUT2D eigenvalue weighted by atomic mass is 10.1. The molecular weight excluding hydrogens is 334 g/mol. The number of carbonyl (C=O) groups is 1. The maximum absolute atomic E-state index is 12.0. The first-order valence-electron chi connectivity index (χ1n) is 8.29. The molecule has 0 aliphatic rings. The second kappa shape index (κ2) is 9.99. The Balaban J connectivity index is 1.69. The summed E-state index contributed by atoms with van der Waals surface area (Å²) in [4.78, 5) is 13.2. The molecule has 0 saturated carbocycles. The van der Waals surface area contributed by atoms with Crippen molar-refractivity contribution in [3.8, 4) is 11.5 Å². The number of methoxy groups -OCH3 is 2. The Labute approximate surface area is 153 Å². The van der Waals surface area contributed by atoms with Crippen LogP contribution in [0.4, 0.5) is 0 Å². The Kier molecular flexibility index (Phi) is 7.67. The van der Waals surface area contributed by atoms with Crippen LogP contribution < -0.4 is 14.8 Å². The van der Waals surface area contributed by atoms with Gasteiger partial charge in [0.05, 0.1) is 14.2 Å². The molecule has 25 heavy (non-hydrogen) atoms. The number of hydrogen-bond donors (Lipinski definition) is 1. The molecule has 0 aromatic heterocycles. The first-order chi connectivity index (χ1) is 12.1. The number of rotatable bonds is 9. The second-order valence-corrected chi connectivity index (χ2v) is 6.87. The molecule has 4 nitrogen and oxygen atoms in total.